The van der Waals surface area contributed by atoms with Crippen molar-refractivity contribution in [3.05, 3.63) is 59.3 Å². The summed E-state index contributed by atoms with van der Waals surface area (Å²) in [7, 11) is 5.00. The van der Waals surface area contributed by atoms with Crippen molar-refractivity contribution in [2.75, 3.05) is 52.8 Å². The zero-order chi connectivity index (χ0) is 30.7. The van der Waals surface area contributed by atoms with Gasteiger partial charge in [0.15, 0.2) is 0 Å². The van der Waals surface area contributed by atoms with Gasteiger partial charge in [-0.25, -0.2) is 4.98 Å². The third-order valence-electron chi connectivity index (χ3n) is 7.26. The largest absolute Gasteiger partial charge is 0.495 e. The lowest BCUT2D eigenvalue weighted by atomic mass is 10.0. The Morgan fingerprint density at radius 2 is 1.86 bits per heavy atom. The minimum Gasteiger partial charge on any atom is -0.495 e. The number of nitrogens with zero attached hydrogens (tertiary/aromatic N) is 4. The van der Waals surface area contributed by atoms with Crippen molar-refractivity contribution in [3.63, 3.8) is 0 Å². The quantitative estimate of drug-likeness (QED) is 0.409. The molecule has 1 saturated heterocycles. The first-order chi connectivity index (χ1) is 20.5. The van der Waals surface area contributed by atoms with Crippen LogP contribution in [-0.4, -0.2) is 85.1 Å². The number of fused-ring (bicyclic) bond motifs is 1. The molecule has 0 bridgehead atoms. The van der Waals surface area contributed by atoms with E-state index in [2.05, 4.69) is 25.5 Å². The molecule has 2 aliphatic heterocycles. The summed E-state index contributed by atoms with van der Waals surface area (Å²) in [5.74, 6) is -1.47. The zero-order valence-electron chi connectivity index (χ0n) is 23.8. The number of benzene rings is 2. The van der Waals surface area contributed by atoms with Crippen LogP contribution in [0.15, 0.2) is 42.6 Å². The van der Waals surface area contributed by atoms with Gasteiger partial charge in [0.05, 0.1) is 19.3 Å². The van der Waals surface area contributed by atoms with Gasteiger partial charge in [0.2, 0.25) is 11.8 Å². The number of carbonyl (C=O) groups excluding carboxylic acids is 2. The highest BCUT2D eigenvalue weighted by molar-refractivity contribution is 6.00. The predicted molar refractivity (Wildman–Crippen MR) is 150 cm³/mol. The van der Waals surface area contributed by atoms with Crippen LogP contribution in [0.5, 0.6) is 23.1 Å². The van der Waals surface area contributed by atoms with Gasteiger partial charge >= 0.3 is 6.18 Å². The Kier molecular flexibility index (Phi) is 8.57. The van der Waals surface area contributed by atoms with E-state index in [4.69, 9.17) is 14.2 Å². The van der Waals surface area contributed by atoms with Crippen LogP contribution >= 0.6 is 0 Å². The molecule has 43 heavy (non-hydrogen) atoms. The Balaban J connectivity index is 1.41. The highest BCUT2D eigenvalue weighted by atomic mass is 19.4. The van der Waals surface area contributed by atoms with Gasteiger partial charge in [0.25, 0.3) is 11.8 Å². The number of rotatable bonds is 7. The molecule has 0 aliphatic carbocycles. The molecule has 228 valence electrons. The van der Waals surface area contributed by atoms with Crippen LogP contribution in [0.25, 0.3) is 0 Å². The minimum absolute atomic E-state index is 0.0143. The van der Waals surface area contributed by atoms with E-state index in [9.17, 15) is 22.8 Å². The number of anilines is 2. The number of hydrogen-bond donors (Lipinski definition) is 2. The van der Waals surface area contributed by atoms with E-state index in [0.717, 1.165) is 25.9 Å². The van der Waals surface area contributed by atoms with Crippen molar-refractivity contribution >= 4 is 23.5 Å². The van der Waals surface area contributed by atoms with Crippen molar-refractivity contribution < 1.29 is 37.0 Å². The number of nitrogens with one attached hydrogen (secondary N) is 2. The summed E-state index contributed by atoms with van der Waals surface area (Å²) < 4.78 is 58.5. The van der Waals surface area contributed by atoms with Crippen LogP contribution in [0, 0.1) is 0 Å². The van der Waals surface area contributed by atoms with Crippen LogP contribution in [0.3, 0.4) is 0 Å². The van der Waals surface area contributed by atoms with Gasteiger partial charge in [-0.2, -0.15) is 18.2 Å². The molecule has 3 heterocycles. The zero-order valence-corrected chi connectivity index (χ0v) is 23.8. The fourth-order valence-corrected chi connectivity index (χ4v) is 4.79. The predicted octanol–water partition coefficient (Wildman–Crippen LogP) is 4.33. The van der Waals surface area contributed by atoms with Crippen LogP contribution in [0.4, 0.5) is 24.8 Å². The second-order valence-corrected chi connectivity index (χ2v) is 10.3. The number of piperidine rings is 1. The Hall–Kier alpha value is -4.59. The monoisotopic (exact) mass is 600 g/mol. The maximum Gasteiger partial charge on any atom is 0.423 e. The van der Waals surface area contributed by atoms with Gasteiger partial charge in [0.1, 0.15) is 35.0 Å². The molecule has 2 N–H and O–H groups in total. The lowest BCUT2D eigenvalue weighted by Gasteiger charge is -2.29. The lowest BCUT2D eigenvalue weighted by Crippen LogP contribution is -2.43. The molecule has 0 unspecified atom stereocenters. The lowest BCUT2D eigenvalue weighted by molar-refractivity contribution is -0.139. The maximum atomic E-state index is 13.9. The number of ether oxygens (including phenoxy) is 3. The van der Waals surface area contributed by atoms with Gasteiger partial charge in [-0.05, 0) is 63.3 Å². The standard InChI is InChI=1S/C29H31F3N6O5/c1-37-11-9-18(10-12-37)34-25(39)17-7-8-20(23(15-17)41-3)35-28-33-16-19(29(30,31)32)26(36-28)43-22-6-4-5-21-24(22)27(40)38(2)13-14-42-21/h4-8,15-16,18H,9-14H2,1-3H3,(H,34,39)(H,33,35,36). The van der Waals surface area contributed by atoms with Gasteiger partial charge in [-0.15, -0.1) is 0 Å². The van der Waals surface area contributed by atoms with Crippen LogP contribution in [0.2, 0.25) is 0 Å². The number of alkyl halides is 3. The van der Waals surface area contributed by atoms with Crippen LogP contribution in [0.1, 0.15) is 39.1 Å². The maximum absolute atomic E-state index is 13.9. The molecule has 0 saturated carbocycles. The molecule has 0 radical (unpaired) electrons. The molecule has 2 aromatic carbocycles. The molecule has 1 aromatic heterocycles. The first kappa shape index (κ1) is 29.9. The summed E-state index contributed by atoms with van der Waals surface area (Å²) in [5, 5.41) is 5.87. The number of likely N-dealkylation sites (N-methyl/N-ethyl adjacent to an activating group) is 1. The molecule has 3 aromatic rings. The van der Waals surface area contributed by atoms with E-state index in [1.54, 1.807) is 25.2 Å². The Morgan fingerprint density at radius 1 is 1.09 bits per heavy atom. The van der Waals surface area contributed by atoms with Gasteiger partial charge in [0, 0.05) is 24.8 Å². The third kappa shape index (κ3) is 6.74. The van der Waals surface area contributed by atoms with Gasteiger partial charge in [-0.3, -0.25) is 9.59 Å². The Bertz CT molecular complexity index is 1510. The van der Waals surface area contributed by atoms with Gasteiger partial charge in [-0.1, -0.05) is 6.07 Å². The molecule has 0 spiro atoms. The summed E-state index contributed by atoms with van der Waals surface area (Å²) >= 11 is 0. The molecule has 5 rings (SSSR count). The number of halogens is 3. The topological polar surface area (TPSA) is 118 Å². The molecule has 14 heteroatoms. The number of methoxy groups -OCH3 is 1. The molecule has 0 atom stereocenters. The molecule has 11 nitrogen and oxygen atoms in total. The van der Waals surface area contributed by atoms with E-state index in [1.165, 1.54) is 30.2 Å². The average molecular weight is 601 g/mol. The molecule has 2 amide bonds. The average Bonchev–Trinajstić information content (AvgIpc) is 3.12. The second-order valence-electron chi connectivity index (χ2n) is 10.3. The number of hydrogen-bond acceptors (Lipinski definition) is 9. The molecule has 1 fully saturated rings. The number of likely N-dealkylation sites (tertiary alicyclic amines) is 1. The summed E-state index contributed by atoms with van der Waals surface area (Å²) in [6.07, 6.45) is -2.57. The van der Waals surface area contributed by atoms with Crippen molar-refractivity contribution in [2.24, 2.45) is 0 Å². The number of aromatic nitrogens is 2. The van der Waals surface area contributed by atoms with Crippen molar-refractivity contribution in [1.29, 1.82) is 0 Å². The van der Waals surface area contributed by atoms with Crippen LogP contribution < -0.4 is 24.8 Å². The summed E-state index contributed by atoms with van der Waals surface area (Å²) in [4.78, 5) is 37.2. The van der Waals surface area contributed by atoms with E-state index in [0.29, 0.717) is 24.0 Å². The van der Waals surface area contributed by atoms with Crippen molar-refractivity contribution in [3.8, 4) is 23.1 Å². The number of carbonyl (C=O) groups is 2. The third-order valence-corrected chi connectivity index (χ3v) is 7.26. The SMILES string of the molecule is COc1cc(C(=O)NC2CCN(C)CC2)ccc1Nc1ncc(C(F)(F)F)c(Oc2cccc3c2C(=O)N(C)CCO3)n1. The number of amides is 2. The molecule has 2 aliphatic rings. The summed E-state index contributed by atoms with van der Waals surface area (Å²) in [6.45, 7) is 2.30. The fourth-order valence-electron chi connectivity index (χ4n) is 4.79. The second kappa shape index (κ2) is 12.3. The highest BCUT2D eigenvalue weighted by Gasteiger charge is 2.37. The van der Waals surface area contributed by atoms with Crippen LogP contribution in [-0.2, 0) is 6.18 Å². The van der Waals surface area contributed by atoms with E-state index < -0.39 is 23.5 Å². The first-order valence-electron chi connectivity index (χ1n) is 13.6. The Labute approximate surface area is 245 Å². The Morgan fingerprint density at radius 3 is 2.58 bits per heavy atom. The summed E-state index contributed by atoms with van der Waals surface area (Å²) in [6, 6.07) is 9.12. The van der Waals surface area contributed by atoms with E-state index in [1.807, 2.05) is 7.05 Å². The minimum atomic E-state index is -4.85. The smallest absolute Gasteiger partial charge is 0.423 e. The summed E-state index contributed by atoms with van der Waals surface area (Å²) in [5.41, 5.74) is -0.582. The molecular weight excluding hydrogens is 569 g/mol. The highest BCUT2D eigenvalue weighted by Crippen LogP contribution is 2.40. The van der Waals surface area contributed by atoms with Crippen molar-refractivity contribution in [1.82, 2.24) is 25.1 Å². The van der Waals surface area contributed by atoms with Gasteiger partial charge < -0.3 is 34.6 Å². The first-order valence-corrected chi connectivity index (χ1v) is 13.6. The normalized spacial score (nSPS) is 16.1. The van der Waals surface area contributed by atoms with E-state index >= 15 is 0 Å². The van der Waals surface area contributed by atoms with Crippen molar-refractivity contribution in [2.45, 2.75) is 25.1 Å². The fraction of sp³-hybridized carbons (Fsp3) is 0.379. The molecular formula is C29H31F3N6O5. The van der Waals surface area contributed by atoms with E-state index in [-0.39, 0.29) is 47.3 Å².